The molecule has 0 unspecified atom stereocenters. The highest BCUT2D eigenvalue weighted by atomic mass is 32.1. The smallest absolute Gasteiger partial charge is 0.132 e. The molecular weight excluding hydrogens is 705 g/mol. The molecule has 0 saturated carbocycles. The summed E-state index contributed by atoms with van der Waals surface area (Å²) in [6.45, 7) is 0. The van der Waals surface area contributed by atoms with Crippen LogP contribution in [-0.2, 0) is 10.8 Å². The second-order valence-electron chi connectivity index (χ2n) is 13.9. The van der Waals surface area contributed by atoms with E-state index >= 15 is 0 Å². The Bertz CT molecular complexity index is 2430. The van der Waals surface area contributed by atoms with Crippen LogP contribution < -0.4 is 18.9 Å². The summed E-state index contributed by atoms with van der Waals surface area (Å²) >= 11 is 3.75. The van der Waals surface area contributed by atoms with Crippen LogP contribution in [0.3, 0.4) is 0 Å². The number of para-hydroxylation sites is 4. The monoisotopic (exact) mass is 736 g/mol. The molecule has 0 atom stereocenters. The standard InChI is InChI=1S/C48H32O4S2/c1-49-31-23-19-29(20-24-31)43-27-37-45(53-43)48(35-13-5-9-17-41(35)52-42-18-10-6-14-36(42)48)38-28-44(30-21-25-32(50-2)26-22-30)54-46(38)47(37)33-11-3-7-15-39(33)51-40-16-8-4-12-34(40)47/h3-28H,1-2H3. The molecule has 1 aliphatic carbocycles. The molecule has 6 aromatic carbocycles. The van der Waals surface area contributed by atoms with Crippen molar-refractivity contribution in [1.29, 1.82) is 0 Å². The average Bonchev–Trinajstić information content (AvgIpc) is 3.90. The van der Waals surface area contributed by atoms with Gasteiger partial charge in [-0.2, -0.15) is 0 Å². The van der Waals surface area contributed by atoms with Gasteiger partial charge in [0.15, 0.2) is 0 Å². The van der Waals surface area contributed by atoms with Crippen LogP contribution in [0, 0.1) is 0 Å². The highest BCUT2D eigenvalue weighted by Crippen LogP contribution is 2.70. The molecule has 0 saturated heterocycles. The van der Waals surface area contributed by atoms with E-state index in [4.69, 9.17) is 18.9 Å². The molecule has 260 valence electrons. The molecule has 8 aromatic rings. The number of benzene rings is 6. The van der Waals surface area contributed by atoms with Crippen molar-refractivity contribution in [2.45, 2.75) is 10.8 Å². The van der Waals surface area contributed by atoms with Gasteiger partial charge in [0.2, 0.25) is 0 Å². The highest BCUT2D eigenvalue weighted by molar-refractivity contribution is 7.17. The van der Waals surface area contributed by atoms with Gasteiger partial charge in [-0.1, -0.05) is 72.8 Å². The summed E-state index contributed by atoms with van der Waals surface area (Å²) in [5.41, 5.74) is 7.98. The van der Waals surface area contributed by atoms with Gasteiger partial charge in [0.1, 0.15) is 34.5 Å². The number of hydrogen-bond donors (Lipinski definition) is 0. The van der Waals surface area contributed by atoms with Gasteiger partial charge in [0.25, 0.3) is 0 Å². The van der Waals surface area contributed by atoms with Crippen LogP contribution in [0.5, 0.6) is 34.5 Å². The molecule has 0 N–H and O–H groups in total. The molecular formula is C48H32O4S2. The summed E-state index contributed by atoms with van der Waals surface area (Å²) in [7, 11) is 3.43. The van der Waals surface area contributed by atoms with Gasteiger partial charge in [-0.05, 0) is 107 Å². The van der Waals surface area contributed by atoms with Gasteiger partial charge >= 0.3 is 0 Å². The Morgan fingerprint density at radius 1 is 0.389 bits per heavy atom. The molecule has 2 aromatic heterocycles. The van der Waals surface area contributed by atoms with E-state index in [1.807, 2.05) is 22.7 Å². The summed E-state index contributed by atoms with van der Waals surface area (Å²) in [5.74, 6) is 5.14. The zero-order valence-corrected chi connectivity index (χ0v) is 31.1. The molecule has 0 fully saturated rings. The molecule has 3 aliphatic rings. The number of hydrogen-bond acceptors (Lipinski definition) is 6. The van der Waals surface area contributed by atoms with Gasteiger partial charge < -0.3 is 18.9 Å². The summed E-state index contributed by atoms with van der Waals surface area (Å²) < 4.78 is 24.7. The third kappa shape index (κ3) is 4.12. The second-order valence-corrected chi connectivity index (χ2v) is 16.0. The molecule has 2 spiro atoms. The van der Waals surface area contributed by atoms with Crippen molar-refractivity contribution in [3.05, 3.63) is 201 Å². The van der Waals surface area contributed by atoms with Crippen LogP contribution in [0.15, 0.2) is 158 Å². The van der Waals surface area contributed by atoms with E-state index < -0.39 is 10.8 Å². The van der Waals surface area contributed by atoms with Crippen LogP contribution in [0.1, 0.15) is 43.1 Å². The lowest BCUT2D eigenvalue weighted by molar-refractivity contribution is 0.415. The van der Waals surface area contributed by atoms with Crippen molar-refractivity contribution >= 4 is 22.7 Å². The highest BCUT2D eigenvalue weighted by Gasteiger charge is 2.60. The number of fused-ring (bicyclic) bond motifs is 14. The third-order valence-corrected chi connectivity index (χ3v) is 13.9. The number of methoxy groups -OCH3 is 2. The van der Waals surface area contributed by atoms with Crippen molar-refractivity contribution in [2.24, 2.45) is 0 Å². The molecule has 4 nitrogen and oxygen atoms in total. The average molecular weight is 737 g/mol. The maximum atomic E-state index is 6.78. The molecule has 2 aliphatic heterocycles. The Morgan fingerprint density at radius 2 is 0.704 bits per heavy atom. The minimum Gasteiger partial charge on any atom is -0.497 e. The Balaban J connectivity index is 1.34. The first-order valence-electron chi connectivity index (χ1n) is 18.0. The molecule has 4 heterocycles. The summed E-state index contributed by atoms with van der Waals surface area (Å²) in [4.78, 5) is 4.92. The van der Waals surface area contributed by atoms with E-state index in [9.17, 15) is 0 Å². The lowest BCUT2D eigenvalue weighted by atomic mass is 9.54. The van der Waals surface area contributed by atoms with E-state index in [1.54, 1.807) is 14.2 Å². The minimum absolute atomic E-state index is 0.680. The van der Waals surface area contributed by atoms with Crippen LogP contribution in [-0.4, -0.2) is 14.2 Å². The predicted molar refractivity (Wildman–Crippen MR) is 216 cm³/mol. The maximum absolute atomic E-state index is 6.78. The topological polar surface area (TPSA) is 36.9 Å². The van der Waals surface area contributed by atoms with Crippen molar-refractivity contribution in [3.8, 4) is 55.4 Å². The molecule has 6 heteroatoms. The minimum atomic E-state index is -0.680. The Kier molecular flexibility index (Phi) is 6.82. The molecule has 0 bridgehead atoms. The SMILES string of the molecule is COc1ccc(-c2cc3c(s2)C2(c4ccccc4Oc4ccccc42)c2cc(-c4ccc(OC)cc4)sc2C32c3ccccc3Oc3ccccc32)cc1. The molecule has 54 heavy (non-hydrogen) atoms. The zero-order valence-electron chi connectivity index (χ0n) is 29.5. The second kappa shape index (κ2) is 11.7. The van der Waals surface area contributed by atoms with Crippen LogP contribution in [0.2, 0.25) is 0 Å². The fourth-order valence-electron chi connectivity index (χ4n) is 8.99. The predicted octanol–water partition coefficient (Wildman–Crippen LogP) is 12.5. The van der Waals surface area contributed by atoms with E-state index in [-0.39, 0.29) is 0 Å². The first kappa shape index (κ1) is 31.4. The van der Waals surface area contributed by atoms with Crippen LogP contribution in [0.4, 0.5) is 0 Å². The lowest BCUT2D eigenvalue weighted by Gasteiger charge is -2.50. The van der Waals surface area contributed by atoms with Gasteiger partial charge in [-0.25, -0.2) is 0 Å². The van der Waals surface area contributed by atoms with Crippen molar-refractivity contribution in [1.82, 2.24) is 0 Å². The molecule has 0 amide bonds. The normalized spacial score (nSPS) is 14.7. The van der Waals surface area contributed by atoms with Crippen LogP contribution >= 0.6 is 22.7 Å². The van der Waals surface area contributed by atoms with Crippen molar-refractivity contribution in [2.75, 3.05) is 14.2 Å². The Morgan fingerprint density at radius 3 is 1.02 bits per heavy atom. The first-order chi connectivity index (χ1) is 26.6. The Labute approximate surface area is 321 Å². The largest absolute Gasteiger partial charge is 0.497 e. The van der Waals surface area contributed by atoms with Gasteiger partial charge in [0.05, 0.1) is 25.0 Å². The summed E-state index contributed by atoms with van der Waals surface area (Å²) in [6, 6.07) is 56.2. The summed E-state index contributed by atoms with van der Waals surface area (Å²) in [6.07, 6.45) is 0. The third-order valence-electron chi connectivity index (χ3n) is 11.3. The van der Waals surface area contributed by atoms with Crippen molar-refractivity contribution in [3.63, 3.8) is 0 Å². The van der Waals surface area contributed by atoms with E-state index in [1.165, 1.54) is 30.6 Å². The lowest BCUT2D eigenvalue weighted by Crippen LogP contribution is -2.45. The number of rotatable bonds is 4. The zero-order chi connectivity index (χ0) is 36.0. The summed E-state index contributed by atoms with van der Waals surface area (Å²) in [5, 5.41) is 0. The fourth-order valence-corrected chi connectivity index (χ4v) is 11.9. The molecule has 11 rings (SSSR count). The van der Waals surface area contributed by atoms with Gasteiger partial charge in [-0.3, -0.25) is 0 Å². The fraction of sp³-hybridized carbons (Fsp3) is 0.0833. The van der Waals surface area contributed by atoms with Gasteiger partial charge in [-0.15, -0.1) is 22.7 Å². The van der Waals surface area contributed by atoms with Crippen molar-refractivity contribution < 1.29 is 18.9 Å². The van der Waals surface area contributed by atoms with Crippen LogP contribution in [0.25, 0.3) is 20.9 Å². The quantitative estimate of drug-likeness (QED) is 0.180. The maximum Gasteiger partial charge on any atom is 0.132 e. The van der Waals surface area contributed by atoms with E-state index in [2.05, 4.69) is 158 Å². The Hall–Kier alpha value is -6.08. The number of thiophene rings is 2. The molecule has 0 radical (unpaired) electrons. The first-order valence-corrected chi connectivity index (χ1v) is 19.6. The van der Waals surface area contributed by atoms with Gasteiger partial charge in [0, 0.05) is 41.8 Å². The van der Waals surface area contributed by atoms with E-state index in [0.717, 1.165) is 67.9 Å². The number of ether oxygens (including phenoxy) is 4. The van der Waals surface area contributed by atoms with E-state index in [0.29, 0.717) is 0 Å².